The standard InChI is InChI=1S/C10H15O3P/c1-6-5-10(14(11,12)13)9(4)8(3)7(6)2/h5H,1-4H3,(H2,11,12,13). The molecule has 0 spiro atoms. The summed E-state index contributed by atoms with van der Waals surface area (Å²) in [7, 11) is -4.13. The summed E-state index contributed by atoms with van der Waals surface area (Å²) in [6.45, 7) is 7.45. The van der Waals surface area contributed by atoms with E-state index in [4.69, 9.17) is 9.79 Å². The molecule has 1 aromatic carbocycles. The highest BCUT2D eigenvalue weighted by Gasteiger charge is 2.21. The number of benzene rings is 1. The number of aryl methyl sites for hydroxylation is 1. The van der Waals surface area contributed by atoms with Gasteiger partial charge in [0, 0.05) is 0 Å². The summed E-state index contributed by atoms with van der Waals surface area (Å²) in [6.07, 6.45) is 0. The number of hydrogen-bond donors (Lipinski definition) is 2. The number of rotatable bonds is 1. The van der Waals surface area contributed by atoms with Crippen LogP contribution in [-0.2, 0) is 4.57 Å². The maximum Gasteiger partial charge on any atom is 0.356 e. The van der Waals surface area contributed by atoms with Crippen LogP contribution in [0.3, 0.4) is 0 Å². The Labute approximate surface area is 83.9 Å². The van der Waals surface area contributed by atoms with Crippen molar-refractivity contribution in [2.45, 2.75) is 27.7 Å². The van der Waals surface area contributed by atoms with Crippen molar-refractivity contribution in [1.82, 2.24) is 0 Å². The van der Waals surface area contributed by atoms with Crippen LogP contribution in [0.2, 0.25) is 0 Å². The quantitative estimate of drug-likeness (QED) is 0.700. The smallest absolute Gasteiger partial charge is 0.321 e. The number of hydrogen-bond acceptors (Lipinski definition) is 1. The predicted molar refractivity (Wildman–Crippen MR) is 57.1 cm³/mol. The zero-order valence-corrected chi connectivity index (χ0v) is 9.72. The second-order valence-electron chi connectivity index (χ2n) is 3.63. The predicted octanol–water partition coefficient (Wildman–Crippen LogP) is 1.72. The van der Waals surface area contributed by atoms with Crippen LogP contribution in [0, 0.1) is 27.7 Å². The molecule has 0 saturated heterocycles. The van der Waals surface area contributed by atoms with Crippen molar-refractivity contribution >= 4 is 12.9 Å². The molecule has 0 aromatic heterocycles. The van der Waals surface area contributed by atoms with E-state index in [1.54, 1.807) is 13.0 Å². The van der Waals surface area contributed by atoms with Gasteiger partial charge in [-0.05, 0) is 56.0 Å². The van der Waals surface area contributed by atoms with Crippen molar-refractivity contribution in [3.63, 3.8) is 0 Å². The SMILES string of the molecule is Cc1cc(P(=O)(O)O)c(C)c(C)c1C. The Balaban J connectivity index is 3.57. The summed E-state index contributed by atoms with van der Waals surface area (Å²) in [4.78, 5) is 18.2. The van der Waals surface area contributed by atoms with Gasteiger partial charge in [-0.3, -0.25) is 4.57 Å². The molecule has 0 bridgehead atoms. The van der Waals surface area contributed by atoms with Gasteiger partial charge in [0.15, 0.2) is 0 Å². The molecule has 3 nitrogen and oxygen atoms in total. The topological polar surface area (TPSA) is 57.5 Å². The van der Waals surface area contributed by atoms with Crippen molar-refractivity contribution in [3.8, 4) is 0 Å². The lowest BCUT2D eigenvalue weighted by Gasteiger charge is -2.14. The van der Waals surface area contributed by atoms with Crippen LogP contribution in [0.5, 0.6) is 0 Å². The van der Waals surface area contributed by atoms with Crippen molar-refractivity contribution in [1.29, 1.82) is 0 Å². The van der Waals surface area contributed by atoms with Gasteiger partial charge in [-0.15, -0.1) is 0 Å². The molecule has 0 radical (unpaired) electrons. The summed E-state index contributed by atoms with van der Waals surface area (Å²) in [5.41, 5.74) is 3.68. The Kier molecular flexibility index (Phi) is 2.86. The van der Waals surface area contributed by atoms with Crippen LogP contribution in [0.4, 0.5) is 0 Å². The highest BCUT2D eigenvalue weighted by atomic mass is 31.2. The second-order valence-corrected chi connectivity index (χ2v) is 5.20. The van der Waals surface area contributed by atoms with Gasteiger partial charge < -0.3 is 9.79 Å². The van der Waals surface area contributed by atoms with E-state index >= 15 is 0 Å². The minimum atomic E-state index is -4.13. The lowest BCUT2D eigenvalue weighted by molar-refractivity contribution is 0.387. The molecule has 0 heterocycles. The molecule has 0 atom stereocenters. The molecule has 0 aliphatic rings. The van der Waals surface area contributed by atoms with Crippen LogP contribution in [-0.4, -0.2) is 9.79 Å². The summed E-state index contributed by atoms with van der Waals surface area (Å²) >= 11 is 0. The van der Waals surface area contributed by atoms with E-state index in [0.29, 0.717) is 5.56 Å². The minimum Gasteiger partial charge on any atom is -0.321 e. The summed E-state index contributed by atoms with van der Waals surface area (Å²) < 4.78 is 11.2. The van der Waals surface area contributed by atoms with Crippen molar-refractivity contribution in [3.05, 3.63) is 28.3 Å². The first-order valence-electron chi connectivity index (χ1n) is 4.38. The van der Waals surface area contributed by atoms with E-state index < -0.39 is 7.60 Å². The van der Waals surface area contributed by atoms with Crippen LogP contribution < -0.4 is 5.30 Å². The third-order valence-electron chi connectivity index (χ3n) is 2.77. The molecule has 0 amide bonds. The molecule has 1 rings (SSSR count). The maximum atomic E-state index is 11.2. The fraction of sp³-hybridized carbons (Fsp3) is 0.400. The van der Waals surface area contributed by atoms with E-state index in [0.717, 1.165) is 16.7 Å². The first kappa shape index (κ1) is 11.4. The van der Waals surface area contributed by atoms with Crippen LogP contribution >= 0.6 is 7.60 Å². The lowest BCUT2D eigenvalue weighted by atomic mass is 10.00. The third-order valence-corrected chi connectivity index (χ3v) is 3.86. The van der Waals surface area contributed by atoms with Gasteiger partial charge in [-0.2, -0.15) is 0 Å². The summed E-state index contributed by atoms with van der Waals surface area (Å²) in [6, 6.07) is 1.58. The zero-order chi connectivity index (χ0) is 11.1. The first-order chi connectivity index (χ1) is 6.25. The molecule has 78 valence electrons. The lowest BCUT2D eigenvalue weighted by Crippen LogP contribution is -2.12. The van der Waals surface area contributed by atoms with E-state index in [2.05, 4.69) is 0 Å². The Morgan fingerprint density at radius 2 is 1.50 bits per heavy atom. The Morgan fingerprint density at radius 1 is 1.00 bits per heavy atom. The molecular weight excluding hydrogens is 199 g/mol. The molecule has 0 aliphatic heterocycles. The minimum absolute atomic E-state index is 0.151. The van der Waals surface area contributed by atoms with Crippen molar-refractivity contribution < 1.29 is 14.4 Å². The van der Waals surface area contributed by atoms with Gasteiger partial charge in [0.1, 0.15) is 0 Å². The average molecular weight is 214 g/mol. The monoisotopic (exact) mass is 214 g/mol. The highest BCUT2D eigenvalue weighted by molar-refractivity contribution is 7.60. The van der Waals surface area contributed by atoms with Gasteiger partial charge in [-0.25, -0.2) is 0 Å². The normalized spacial score (nSPS) is 11.9. The average Bonchev–Trinajstić information content (AvgIpc) is 2.06. The van der Waals surface area contributed by atoms with E-state index in [9.17, 15) is 4.57 Å². The van der Waals surface area contributed by atoms with E-state index in [1.807, 2.05) is 20.8 Å². The molecule has 4 heteroatoms. The largest absolute Gasteiger partial charge is 0.356 e. The van der Waals surface area contributed by atoms with E-state index in [1.165, 1.54) is 0 Å². The van der Waals surface area contributed by atoms with Gasteiger partial charge in [-0.1, -0.05) is 0 Å². The highest BCUT2D eigenvalue weighted by Crippen LogP contribution is 2.36. The van der Waals surface area contributed by atoms with Crippen LogP contribution in [0.25, 0.3) is 0 Å². The Bertz CT molecular complexity index is 418. The molecule has 1 aromatic rings. The fourth-order valence-electron chi connectivity index (χ4n) is 1.49. The molecule has 0 fully saturated rings. The summed E-state index contributed by atoms with van der Waals surface area (Å²) in [5.74, 6) is 0. The van der Waals surface area contributed by atoms with Crippen LogP contribution in [0.15, 0.2) is 6.07 Å². The zero-order valence-electron chi connectivity index (χ0n) is 8.83. The Hall–Kier alpha value is -0.630. The molecule has 14 heavy (non-hydrogen) atoms. The maximum absolute atomic E-state index is 11.2. The molecule has 0 unspecified atom stereocenters. The fourth-order valence-corrected chi connectivity index (χ4v) is 2.46. The van der Waals surface area contributed by atoms with Crippen molar-refractivity contribution in [2.24, 2.45) is 0 Å². The molecular formula is C10H15O3P. The van der Waals surface area contributed by atoms with Crippen molar-refractivity contribution in [2.75, 3.05) is 0 Å². The summed E-state index contributed by atoms with van der Waals surface area (Å²) in [5, 5.41) is 0.151. The third kappa shape index (κ3) is 1.90. The molecule has 0 saturated carbocycles. The molecule has 0 aliphatic carbocycles. The second kappa shape index (κ2) is 3.50. The van der Waals surface area contributed by atoms with Gasteiger partial charge in [0.25, 0.3) is 0 Å². The molecule has 2 N–H and O–H groups in total. The first-order valence-corrected chi connectivity index (χ1v) is 6.00. The van der Waals surface area contributed by atoms with Gasteiger partial charge in [0.05, 0.1) is 5.30 Å². The van der Waals surface area contributed by atoms with Gasteiger partial charge >= 0.3 is 7.60 Å². The van der Waals surface area contributed by atoms with Crippen LogP contribution in [0.1, 0.15) is 22.3 Å². The Morgan fingerprint density at radius 3 is 1.93 bits per heavy atom. The van der Waals surface area contributed by atoms with E-state index in [-0.39, 0.29) is 5.30 Å². The van der Waals surface area contributed by atoms with Gasteiger partial charge in [0.2, 0.25) is 0 Å².